The number of benzene rings is 1. The Bertz CT molecular complexity index is 671. The maximum absolute atomic E-state index is 4.89. The summed E-state index contributed by atoms with van der Waals surface area (Å²) < 4.78 is 0. The third-order valence-electron chi connectivity index (χ3n) is 4.27. The van der Waals surface area contributed by atoms with Crippen LogP contribution in [0.4, 0.5) is 0 Å². The van der Waals surface area contributed by atoms with Gasteiger partial charge in [0.25, 0.3) is 0 Å². The van der Waals surface area contributed by atoms with Gasteiger partial charge in [-0.25, -0.2) is 0 Å². The molecule has 1 aliphatic heterocycles. The van der Waals surface area contributed by atoms with Crippen molar-refractivity contribution in [3.05, 3.63) is 70.8 Å². The fourth-order valence-corrected chi connectivity index (χ4v) is 3.10. The van der Waals surface area contributed by atoms with Gasteiger partial charge in [0, 0.05) is 5.56 Å². The van der Waals surface area contributed by atoms with Crippen molar-refractivity contribution in [1.82, 2.24) is 0 Å². The van der Waals surface area contributed by atoms with Gasteiger partial charge in [-0.1, -0.05) is 44.7 Å². The van der Waals surface area contributed by atoms with Gasteiger partial charge >= 0.3 is 0 Å². The minimum atomic E-state index is 0.306. The molecule has 0 spiro atoms. The van der Waals surface area contributed by atoms with Crippen LogP contribution >= 0.6 is 0 Å². The van der Waals surface area contributed by atoms with Crippen LogP contribution in [0.5, 0.6) is 0 Å². The minimum absolute atomic E-state index is 0.306. The predicted molar refractivity (Wildman–Crippen MR) is 97.9 cm³/mol. The summed E-state index contributed by atoms with van der Waals surface area (Å²) in [6.07, 6.45) is 5.07. The molecule has 1 unspecified atom stereocenters. The van der Waals surface area contributed by atoms with Gasteiger partial charge in [-0.05, 0) is 67.5 Å². The molecule has 0 N–H and O–H groups in total. The van der Waals surface area contributed by atoms with Crippen LogP contribution in [0.2, 0.25) is 0 Å². The Morgan fingerprint density at radius 1 is 1.32 bits per heavy atom. The second kappa shape index (κ2) is 6.48. The van der Waals surface area contributed by atoms with E-state index in [9.17, 15) is 0 Å². The summed E-state index contributed by atoms with van der Waals surface area (Å²) in [5.74, 6) is 0.439. The topological polar surface area (TPSA) is 12.4 Å². The number of aryl methyl sites for hydroxylation is 2. The van der Waals surface area contributed by atoms with Crippen molar-refractivity contribution in [2.75, 3.05) is 0 Å². The first-order chi connectivity index (χ1) is 10.3. The van der Waals surface area contributed by atoms with Crippen molar-refractivity contribution < 1.29 is 0 Å². The van der Waals surface area contributed by atoms with Gasteiger partial charge in [0.15, 0.2) is 0 Å². The Labute approximate surface area is 135 Å². The molecule has 0 bridgehead atoms. The molecular weight excluding hydrogens is 266 g/mol. The Balaban J connectivity index is 2.52. The van der Waals surface area contributed by atoms with E-state index in [4.69, 9.17) is 4.99 Å². The second-order valence-electron chi connectivity index (χ2n) is 6.67. The predicted octanol–water partition coefficient (Wildman–Crippen LogP) is 5.36. The van der Waals surface area contributed by atoms with Crippen LogP contribution in [-0.4, -0.2) is 11.8 Å². The van der Waals surface area contributed by atoms with E-state index in [1.807, 2.05) is 6.08 Å². The van der Waals surface area contributed by atoms with E-state index in [2.05, 4.69) is 66.0 Å². The Kier molecular flexibility index (Phi) is 4.85. The number of fused-ring (bicyclic) bond motifs is 1. The maximum Gasteiger partial charge on any atom is 0.0719 e. The highest BCUT2D eigenvalue weighted by Gasteiger charge is 2.21. The molecule has 0 aromatic heterocycles. The first-order valence-corrected chi connectivity index (χ1v) is 8.05. The van der Waals surface area contributed by atoms with E-state index in [-0.39, 0.29) is 0 Å². The van der Waals surface area contributed by atoms with Gasteiger partial charge in [-0.3, -0.25) is 4.99 Å². The number of hydrogen-bond acceptors (Lipinski definition) is 1. The quantitative estimate of drug-likeness (QED) is 0.662. The van der Waals surface area contributed by atoms with Gasteiger partial charge in [0.1, 0.15) is 0 Å². The van der Waals surface area contributed by atoms with E-state index in [1.165, 1.54) is 27.8 Å². The summed E-state index contributed by atoms with van der Waals surface area (Å²) in [6.45, 7) is 19.1. The van der Waals surface area contributed by atoms with Crippen molar-refractivity contribution in [3.8, 4) is 0 Å². The lowest BCUT2D eigenvalue weighted by Gasteiger charge is -2.24. The van der Waals surface area contributed by atoms with Gasteiger partial charge in [0.2, 0.25) is 0 Å². The molecule has 1 aromatic rings. The molecule has 0 fully saturated rings. The van der Waals surface area contributed by atoms with Crippen molar-refractivity contribution in [1.29, 1.82) is 0 Å². The zero-order chi connectivity index (χ0) is 16.4. The van der Waals surface area contributed by atoms with Gasteiger partial charge in [-0.2, -0.15) is 0 Å². The molecule has 1 aliphatic rings. The van der Waals surface area contributed by atoms with E-state index in [0.29, 0.717) is 12.0 Å². The monoisotopic (exact) mass is 293 g/mol. The summed E-state index contributed by atoms with van der Waals surface area (Å²) in [7, 11) is 0. The van der Waals surface area contributed by atoms with Crippen LogP contribution in [0, 0.1) is 19.8 Å². The molecule has 22 heavy (non-hydrogen) atoms. The zero-order valence-electron chi connectivity index (χ0n) is 14.5. The molecule has 0 saturated heterocycles. The van der Waals surface area contributed by atoms with E-state index >= 15 is 0 Å². The summed E-state index contributed by atoms with van der Waals surface area (Å²) in [5.41, 5.74) is 8.55. The number of rotatable bonds is 4. The van der Waals surface area contributed by atoms with Crippen LogP contribution in [-0.2, 0) is 6.42 Å². The average Bonchev–Trinajstić information content (AvgIpc) is 2.44. The molecule has 0 aliphatic carbocycles. The Hall–Kier alpha value is -1.89. The van der Waals surface area contributed by atoms with Crippen LogP contribution in [0.15, 0.2) is 53.6 Å². The Morgan fingerprint density at radius 3 is 2.59 bits per heavy atom. The fraction of sp³-hybridized carbons (Fsp3) is 0.381. The van der Waals surface area contributed by atoms with Crippen LogP contribution in [0.1, 0.15) is 43.0 Å². The number of aliphatic imine (C=N–C) groups is 1. The van der Waals surface area contributed by atoms with Crippen LogP contribution < -0.4 is 0 Å². The van der Waals surface area contributed by atoms with Gasteiger partial charge in [-0.15, -0.1) is 0 Å². The zero-order valence-corrected chi connectivity index (χ0v) is 14.5. The fourth-order valence-electron chi connectivity index (χ4n) is 3.10. The summed E-state index contributed by atoms with van der Waals surface area (Å²) in [5, 5.41) is 0. The van der Waals surface area contributed by atoms with Crippen LogP contribution in [0.25, 0.3) is 0 Å². The molecule has 1 aromatic carbocycles. The van der Waals surface area contributed by atoms with Crippen molar-refractivity contribution in [2.45, 2.75) is 47.1 Å². The summed E-state index contributed by atoms with van der Waals surface area (Å²) in [4.78, 5) is 4.89. The van der Waals surface area contributed by atoms with Crippen molar-refractivity contribution >= 4 is 5.71 Å². The Morgan fingerprint density at radius 2 is 2.00 bits per heavy atom. The molecule has 1 heteroatoms. The smallest absolute Gasteiger partial charge is 0.0719 e. The SMILES string of the molecule is C=C/C(=C\C(=C)C1=NC(C)Cc2c(C)cc(C)cc21)C(C)C. The highest BCUT2D eigenvalue weighted by Crippen LogP contribution is 2.28. The van der Waals surface area contributed by atoms with Crippen LogP contribution in [0.3, 0.4) is 0 Å². The van der Waals surface area contributed by atoms with Gasteiger partial charge < -0.3 is 0 Å². The largest absolute Gasteiger partial charge is 0.281 e. The summed E-state index contributed by atoms with van der Waals surface area (Å²) in [6, 6.07) is 4.81. The molecule has 0 amide bonds. The normalized spacial score (nSPS) is 18.0. The van der Waals surface area contributed by atoms with E-state index in [1.54, 1.807) is 0 Å². The molecule has 0 saturated carbocycles. The third-order valence-corrected chi connectivity index (χ3v) is 4.27. The van der Waals surface area contributed by atoms with E-state index < -0.39 is 0 Å². The highest BCUT2D eigenvalue weighted by molar-refractivity contribution is 6.15. The lowest BCUT2D eigenvalue weighted by Crippen LogP contribution is -2.21. The third kappa shape index (κ3) is 3.30. The number of nitrogens with zero attached hydrogens (tertiary/aromatic N) is 1. The molecule has 0 radical (unpaired) electrons. The molecule has 2 rings (SSSR count). The van der Waals surface area contributed by atoms with Crippen molar-refractivity contribution in [3.63, 3.8) is 0 Å². The lowest BCUT2D eigenvalue weighted by atomic mass is 9.86. The standard InChI is InChI=1S/C21H27N/c1-8-18(13(2)3)11-16(6)21-20-10-14(4)9-15(5)19(20)12-17(7)22-21/h8-11,13,17H,1,6,12H2,2-5,7H3/b18-11+. The minimum Gasteiger partial charge on any atom is -0.281 e. The molecule has 1 heterocycles. The van der Waals surface area contributed by atoms with Crippen molar-refractivity contribution in [2.24, 2.45) is 10.9 Å². The highest BCUT2D eigenvalue weighted by atomic mass is 14.8. The second-order valence-corrected chi connectivity index (χ2v) is 6.67. The average molecular weight is 293 g/mol. The van der Waals surface area contributed by atoms with E-state index in [0.717, 1.165) is 17.7 Å². The molecule has 116 valence electrons. The number of hydrogen-bond donors (Lipinski definition) is 0. The molecule has 1 nitrogen and oxygen atoms in total. The molecular formula is C21H27N. The lowest BCUT2D eigenvalue weighted by molar-refractivity contribution is 0.724. The first kappa shape index (κ1) is 16.5. The summed E-state index contributed by atoms with van der Waals surface area (Å²) >= 11 is 0. The first-order valence-electron chi connectivity index (χ1n) is 8.05. The van der Waals surface area contributed by atoms with Gasteiger partial charge in [0.05, 0.1) is 11.8 Å². The maximum atomic E-state index is 4.89. The molecule has 1 atom stereocenters. The number of allylic oxidation sites excluding steroid dienone is 4.